The van der Waals surface area contributed by atoms with Gasteiger partial charge in [-0.15, -0.1) is 0 Å². The first-order chi connectivity index (χ1) is 11.6. The molecule has 1 N–H and O–H groups in total. The van der Waals surface area contributed by atoms with Crippen molar-refractivity contribution in [3.8, 4) is 0 Å². The van der Waals surface area contributed by atoms with E-state index in [9.17, 15) is 4.79 Å². The third-order valence-electron chi connectivity index (χ3n) is 4.45. The molecule has 1 atom stereocenters. The number of nitrogens with one attached hydrogen (secondary N) is 1. The summed E-state index contributed by atoms with van der Waals surface area (Å²) in [5, 5.41) is 2.96. The van der Waals surface area contributed by atoms with Gasteiger partial charge in [-0.05, 0) is 31.7 Å². The number of rotatable bonds is 4. The number of aryl methyl sites for hydroxylation is 2. The van der Waals surface area contributed by atoms with Gasteiger partial charge in [-0.3, -0.25) is 0 Å². The fourth-order valence-electron chi connectivity index (χ4n) is 3.15. The molecule has 7 heteroatoms. The van der Waals surface area contributed by atoms with E-state index in [0.29, 0.717) is 12.5 Å². The molecule has 2 aromatic heterocycles. The monoisotopic (exact) mass is 328 g/mol. The number of carbonyl (C=O) groups is 1. The van der Waals surface area contributed by atoms with Crippen molar-refractivity contribution < 1.29 is 4.79 Å². The molecule has 1 saturated heterocycles. The fraction of sp³-hybridized carbons (Fsp3) is 0.529. The van der Waals surface area contributed by atoms with E-state index in [2.05, 4.69) is 24.8 Å². The van der Waals surface area contributed by atoms with Gasteiger partial charge in [0.15, 0.2) is 0 Å². The molecular formula is C17H24N6O. The van der Waals surface area contributed by atoms with Crippen LogP contribution >= 0.6 is 0 Å². The number of carbonyl (C=O) groups excluding carboxylic acids is 1. The average molecular weight is 328 g/mol. The second kappa shape index (κ2) is 7.42. The van der Waals surface area contributed by atoms with Gasteiger partial charge in [0.1, 0.15) is 11.6 Å². The minimum absolute atomic E-state index is 0.0178. The van der Waals surface area contributed by atoms with E-state index in [-0.39, 0.29) is 6.03 Å². The van der Waals surface area contributed by atoms with Crippen molar-refractivity contribution in [1.29, 1.82) is 0 Å². The minimum Gasteiger partial charge on any atom is -0.338 e. The SMILES string of the molecule is Cc1nccc(CNC(=O)N2CCC[C@@H](Cc3nccn3C)C2)n1. The molecular weight excluding hydrogens is 304 g/mol. The summed E-state index contributed by atoms with van der Waals surface area (Å²) in [6.45, 7) is 3.87. The number of imidazole rings is 1. The summed E-state index contributed by atoms with van der Waals surface area (Å²) in [7, 11) is 2.01. The normalized spacial score (nSPS) is 17.8. The van der Waals surface area contributed by atoms with Gasteiger partial charge in [0.05, 0.1) is 12.2 Å². The number of amides is 2. The maximum absolute atomic E-state index is 12.4. The predicted molar refractivity (Wildman–Crippen MR) is 90.2 cm³/mol. The summed E-state index contributed by atoms with van der Waals surface area (Å²) in [5.41, 5.74) is 0.831. The highest BCUT2D eigenvalue weighted by molar-refractivity contribution is 5.74. The average Bonchev–Trinajstić information content (AvgIpc) is 2.98. The molecule has 2 aromatic rings. The standard InChI is InChI=1S/C17H24N6O/c1-13-18-6-5-15(21-13)11-20-17(24)23-8-3-4-14(12-23)10-16-19-7-9-22(16)2/h5-7,9,14H,3-4,8,10-12H2,1-2H3,(H,20,24)/t14-/m0/s1. The largest absolute Gasteiger partial charge is 0.338 e. The summed E-state index contributed by atoms with van der Waals surface area (Å²) >= 11 is 0. The van der Waals surface area contributed by atoms with E-state index in [1.807, 2.05) is 37.3 Å². The van der Waals surface area contributed by atoms with Gasteiger partial charge in [-0.2, -0.15) is 0 Å². The Kier molecular flexibility index (Phi) is 5.08. The number of aromatic nitrogens is 4. The van der Waals surface area contributed by atoms with Crippen LogP contribution in [-0.2, 0) is 20.0 Å². The summed E-state index contributed by atoms with van der Waals surface area (Å²) in [6.07, 6.45) is 8.60. The Morgan fingerprint density at radius 3 is 3.00 bits per heavy atom. The molecule has 0 spiro atoms. The van der Waals surface area contributed by atoms with Crippen LogP contribution in [0.4, 0.5) is 4.79 Å². The second-order valence-corrected chi connectivity index (χ2v) is 6.37. The quantitative estimate of drug-likeness (QED) is 0.926. The van der Waals surface area contributed by atoms with Crippen LogP contribution in [0.25, 0.3) is 0 Å². The van der Waals surface area contributed by atoms with Gasteiger partial charge in [0.2, 0.25) is 0 Å². The molecule has 24 heavy (non-hydrogen) atoms. The smallest absolute Gasteiger partial charge is 0.317 e. The summed E-state index contributed by atoms with van der Waals surface area (Å²) in [4.78, 5) is 27.1. The molecule has 1 aliphatic rings. The highest BCUT2D eigenvalue weighted by Crippen LogP contribution is 2.20. The molecule has 0 aliphatic carbocycles. The van der Waals surface area contributed by atoms with Crippen LogP contribution in [0.1, 0.15) is 30.2 Å². The van der Waals surface area contributed by atoms with E-state index < -0.39 is 0 Å². The van der Waals surface area contributed by atoms with Gasteiger partial charge >= 0.3 is 6.03 Å². The van der Waals surface area contributed by atoms with Crippen molar-refractivity contribution in [2.45, 2.75) is 32.7 Å². The zero-order valence-corrected chi connectivity index (χ0v) is 14.3. The molecule has 3 rings (SSSR count). The molecule has 0 radical (unpaired) electrons. The Balaban J connectivity index is 1.52. The lowest BCUT2D eigenvalue weighted by atomic mass is 9.94. The number of urea groups is 1. The number of nitrogens with zero attached hydrogens (tertiary/aromatic N) is 5. The first-order valence-corrected chi connectivity index (χ1v) is 8.39. The molecule has 0 aromatic carbocycles. The number of hydrogen-bond acceptors (Lipinski definition) is 4. The maximum Gasteiger partial charge on any atom is 0.317 e. The molecule has 128 valence electrons. The molecule has 1 aliphatic heterocycles. The van der Waals surface area contributed by atoms with E-state index in [1.165, 1.54) is 0 Å². The van der Waals surface area contributed by atoms with Gasteiger partial charge in [-0.25, -0.2) is 19.7 Å². The zero-order valence-electron chi connectivity index (χ0n) is 14.3. The van der Waals surface area contributed by atoms with Crippen LogP contribution in [0.5, 0.6) is 0 Å². The first-order valence-electron chi connectivity index (χ1n) is 8.39. The van der Waals surface area contributed by atoms with Gasteiger partial charge in [0, 0.05) is 45.1 Å². The third-order valence-corrected chi connectivity index (χ3v) is 4.45. The molecule has 0 unspecified atom stereocenters. The van der Waals surface area contributed by atoms with E-state index in [4.69, 9.17) is 0 Å². The van der Waals surface area contributed by atoms with Crippen molar-refractivity contribution in [3.05, 3.63) is 42.0 Å². The number of piperidine rings is 1. The zero-order chi connectivity index (χ0) is 16.9. The lowest BCUT2D eigenvalue weighted by Gasteiger charge is -2.32. The number of likely N-dealkylation sites (tertiary alicyclic amines) is 1. The lowest BCUT2D eigenvalue weighted by molar-refractivity contribution is 0.164. The van der Waals surface area contributed by atoms with Crippen LogP contribution < -0.4 is 5.32 Å². The Morgan fingerprint density at radius 2 is 2.25 bits per heavy atom. The van der Waals surface area contributed by atoms with Crippen LogP contribution in [-0.4, -0.2) is 43.5 Å². The van der Waals surface area contributed by atoms with Crippen molar-refractivity contribution in [1.82, 2.24) is 29.7 Å². The minimum atomic E-state index is -0.0178. The summed E-state index contributed by atoms with van der Waals surface area (Å²) in [5.74, 6) is 2.26. The fourth-order valence-corrected chi connectivity index (χ4v) is 3.15. The summed E-state index contributed by atoms with van der Waals surface area (Å²) < 4.78 is 2.05. The van der Waals surface area contributed by atoms with Gasteiger partial charge in [-0.1, -0.05) is 0 Å². The Hall–Kier alpha value is -2.44. The predicted octanol–water partition coefficient (Wildman–Crippen LogP) is 1.68. The van der Waals surface area contributed by atoms with Crippen molar-refractivity contribution in [2.24, 2.45) is 13.0 Å². The lowest BCUT2D eigenvalue weighted by Crippen LogP contribution is -2.45. The molecule has 0 saturated carbocycles. The van der Waals surface area contributed by atoms with Gasteiger partial charge in [0.25, 0.3) is 0 Å². The summed E-state index contributed by atoms with van der Waals surface area (Å²) in [6, 6.07) is 1.81. The highest BCUT2D eigenvalue weighted by atomic mass is 16.2. The van der Waals surface area contributed by atoms with Gasteiger partial charge < -0.3 is 14.8 Å². The van der Waals surface area contributed by atoms with E-state index >= 15 is 0 Å². The topological polar surface area (TPSA) is 75.9 Å². The van der Waals surface area contributed by atoms with Crippen molar-refractivity contribution >= 4 is 6.03 Å². The molecule has 1 fully saturated rings. The first kappa shape index (κ1) is 16.4. The van der Waals surface area contributed by atoms with Crippen LogP contribution in [0.3, 0.4) is 0 Å². The third kappa shape index (κ3) is 4.10. The number of hydrogen-bond donors (Lipinski definition) is 1. The molecule has 3 heterocycles. The Labute approximate surface area is 142 Å². The Morgan fingerprint density at radius 1 is 1.38 bits per heavy atom. The van der Waals surface area contributed by atoms with Crippen LogP contribution in [0, 0.1) is 12.8 Å². The van der Waals surface area contributed by atoms with Crippen molar-refractivity contribution in [3.63, 3.8) is 0 Å². The second-order valence-electron chi connectivity index (χ2n) is 6.37. The Bertz CT molecular complexity index is 698. The van der Waals surface area contributed by atoms with E-state index in [0.717, 1.165) is 49.7 Å². The highest BCUT2D eigenvalue weighted by Gasteiger charge is 2.24. The molecule has 2 amide bonds. The van der Waals surface area contributed by atoms with Crippen LogP contribution in [0.2, 0.25) is 0 Å². The van der Waals surface area contributed by atoms with Crippen molar-refractivity contribution in [2.75, 3.05) is 13.1 Å². The maximum atomic E-state index is 12.4. The molecule has 7 nitrogen and oxygen atoms in total. The molecule has 0 bridgehead atoms. The van der Waals surface area contributed by atoms with E-state index in [1.54, 1.807) is 6.20 Å². The van der Waals surface area contributed by atoms with Crippen LogP contribution in [0.15, 0.2) is 24.7 Å².